The summed E-state index contributed by atoms with van der Waals surface area (Å²) >= 11 is 0. The van der Waals surface area contributed by atoms with Crippen molar-refractivity contribution in [2.75, 3.05) is 19.8 Å². The number of aromatic nitrogens is 2. The first-order valence-corrected chi connectivity index (χ1v) is 7.02. The third-order valence-electron chi connectivity index (χ3n) is 3.64. The van der Waals surface area contributed by atoms with Crippen molar-refractivity contribution < 1.29 is 4.74 Å². The minimum absolute atomic E-state index is 0.565. The molecule has 1 aromatic rings. The van der Waals surface area contributed by atoms with Gasteiger partial charge >= 0.3 is 0 Å². The number of hydrogen-bond acceptors (Lipinski definition) is 3. The topological polar surface area (TPSA) is 30.3 Å². The lowest BCUT2D eigenvalue weighted by atomic mass is 10.1. The van der Waals surface area contributed by atoms with Crippen molar-refractivity contribution in [2.45, 2.75) is 46.3 Å². The molecular weight excluding hydrogens is 226 g/mol. The van der Waals surface area contributed by atoms with Crippen LogP contribution in [0.1, 0.15) is 32.8 Å². The van der Waals surface area contributed by atoms with E-state index in [1.807, 2.05) is 10.9 Å². The smallest absolute Gasteiger partial charge is 0.0534 e. The van der Waals surface area contributed by atoms with Crippen LogP contribution in [-0.2, 0) is 17.8 Å². The molecule has 18 heavy (non-hydrogen) atoms. The SMILES string of the molecule is CCn1cc(CN(C[C@H]2CCOC2)C(C)C)cn1. The number of nitrogens with zero attached hydrogens (tertiary/aromatic N) is 3. The summed E-state index contributed by atoms with van der Waals surface area (Å²) in [4.78, 5) is 2.52. The van der Waals surface area contributed by atoms with E-state index >= 15 is 0 Å². The van der Waals surface area contributed by atoms with Gasteiger partial charge in [0.05, 0.1) is 12.8 Å². The molecule has 0 N–H and O–H groups in total. The maximum atomic E-state index is 5.47. The maximum Gasteiger partial charge on any atom is 0.0534 e. The molecule has 102 valence electrons. The van der Waals surface area contributed by atoms with E-state index in [-0.39, 0.29) is 0 Å². The van der Waals surface area contributed by atoms with Gasteiger partial charge < -0.3 is 4.74 Å². The summed E-state index contributed by atoms with van der Waals surface area (Å²) in [7, 11) is 0. The molecule has 0 spiro atoms. The minimum Gasteiger partial charge on any atom is -0.381 e. The predicted octanol–water partition coefficient (Wildman–Crippen LogP) is 2.15. The number of rotatable bonds is 6. The molecule has 1 saturated heterocycles. The maximum absolute atomic E-state index is 5.47. The van der Waals surface area contributed by atoms with Crippen molar-refractivity contribution in [3.05, 3.63) is 18.0 Å². The number of aryl methyl sites for hydroxylation is 1. The first-order chi connectivity index (χ1) is 8.69. The quantitative estimate of drug-likeness (QED) is 0.776. The van der Waals surface area contributed by atoms with Crippen LogP contribution in [-0.4, -0.2) is 40.5 Å². The fraction of sp³-hybridized carbons (Fsp3) is 0.786. The molecule has 1 aromatic heterocycles. The van der Waals surface area contributed by atoms with Gasteiger partial charge in [-0.1, -0.05) is 0 Å². The Morgan fingerprint density at radius 2 is 2.39 bits per heavy atom. The van der Waals surface area contributed by atoms with Crippen LogP contribution < -0.4 is 0 Å². The molecule has 0 radical (unpaired) electrons. The van der Waals surface area contributed by atoms with E-state index < -0.39 is 0 Å². The molecule has 1 aliphatic rings. The van der Waals surface area contributed by atoms with Crippen molar-refractivity contribution in [3.63, 3.8) is 0 Å². The van der Waals surface area contributed by atoms with Crippen molar-refractivity contribution in [2.24, 2.45) is 5.92 Å². The molecule has 4 nitrogen and oxygen atoms in total. The first kappa shape index (κ1) is 13.6. The lowest BCUT2D eigenvalue weighted by Gasteiger charge is -2.28. The van der Waals surface area contributed by atoms with Gasteiger partial charge in [-0.2, -0.15) is 5.10 Å². The van der Waals surface area contributed by atoms with Gasteiger partial charge in [0, 0.05) is 44.0 Å². The van der Waals surface area contributed by atoms with Crippen LogP contribution in [0.2, 0.25) is 0 Å². The summed E-state index contributed by atoms with van der Waals surface area (Å²) in [6.45, 7) is 11.6. The highest BCUT2D eigenvalue weighted by Crippen LogP contribution is 2.17. The van der Waals surface area contributed by atoms with Crippen LogP contribution in [0.3, 0.4) is 0 Å². The second-order valence-electron chi connectivity index (χ2n) is 5.46. The molecule has 0 saturated carbocycles. The highest BCUT2D eigenvalue weighted by atomic mass is 16.5. The Balaban J connectivity index is 1.92. The normalized spacial score (nSPS) is 20.2. The molecule has 1 fully saturated rings. The van der Waals surface area contributed by atoms with Crippen LogP contribution in [0.25, 0.3) is 0 Å². The van der Waals surface area contributed by atoms with Crippen molar-refractivity contribution >= 4 is 0 Å². The van der Waals surface area contributed by atoms with Gasteiger partial charge in [0.15, 0.2) is 0 Å². The van der Waals surface area contributed by atoms with Gasteiger partial charge in [-0.25, -0.2) is 0 Å². The summed E-state index contributed by atoms with van der Waals surface area (Å²) < 4.78 is 7.46. The molecule has 0 amide bonds. The Hall–Kier alpha value is -0.870. The lowest BCUT2D eigenvalue weighted by Crippen LogP contribution is -2.35. The first-order valence-electron chi connectivity index (χ1n) is 7.02. The van der Waals surface area contributed by atoms with Gasteiger partial charge in [-0.15, -0.1) is 0 Å². The Morgan fingerprint density at radius 3 is 2.94 bits per heavy atom. The van der Waals surface area contributed by atoms with Gasteiger partial charge in [0.2, 0.25) is 0 Å². The second kappa shape index (κ2) is 6.34. The van der Waals surface area contributed by atoms with E-state index in [0.29, 0.717) is 12.0 Å². The van der Waals surface area contributed by atoms with E-state index in [0.717, 1.165) is 32.8 Å². The Kier molecular flexibility index (Phi) is 4.78. The molecule has 4 heteroatoms. The van der Waals surface area contributed by atoms with Crippen molar-refractivity contribution in [1.82, 2.24) is 14.7 Å². The van der Waals surface area contributed by atoms with Crippen LogP contribution in [0.5, 0.6) is 0 Å². The van der Waals surface area contributed by atoms with Crippen LogP contribution in [0, 0.1) is 5.92 Å². The van der Waals surface area contributed by atoms with E-state index in [1.165, 1.54) is 12.0 Å². The monoisotopic (exact) mass is 251 g/mol. The summed E-state index contributed by atoms with van der Waals surface area (Å²) in [6, 6.07) is 0.565. The summed E-state index contributed by atoms with van der Waals surface area (Å²) in [5, 5.41) is 4.34. The molecule has 2 heterocycles. The molecule has 1 atom stereocenters. The van der Waals surface area contributed by atoms with Gasteiger partial charge in [0.1, 0.15) is 0 Å². The van der Waals surface area contributed by atoms with Gasteiger partial charge in [-0.05, 0) is 33.1 Å². The third-order valence-corrected chi connectivity index (χ3v) is 3.64. The van der Waals surface area contributed by atoms with Crippen LogP contribution >= 0.6 is 0 Å². The Bertz CT molecular complexity index is 356. The van der Waals surface area contributed by atoms with Gasteiger partial charge in [0.25, 0.3) is 0 Å². The zero-order valence-electron chi connectivity index (χ0n) is 11.8. The molecule has 2 rings (SSSR count). The fourth-order valence-corrected chi connectivity index (χ4v) is 2.41. The van der Waals surface area contributed by atoms with Crippen LogP contribution in [0.4, 0.5) is 0 Å². The van der Waals surface area contributed by atoms with Gasteiger partial charge in [-0.3, -0.25) is 9.58 Å². The minimum atomic E-state index is 0.565. The average molecular weight is 251 g/mol. The summed E-state index contributed by atoms with van der Waals surface area (Å²) in [5.41, 5.74) is 1.31. The highest BCUT2D eigenvalue weighted by Gasteiger charge is 2.21. The van der Waals surface area contributed by atoms with E-state index in [4.69, 9.17) is 4.74 Å². The molecule has 0 aromatic carbocycles. The van der Waals surface area contributed by atoms with Crippen molar-refractivity contribution in [1.29, 1.82) is 0 Å². The molecule has 0 bridgehead atoms. The lowest BCUT2D eigenvalue weighted by molar-refractivity contribution is 0.148. The highest BCUT2D eigenvalue weighted by molar-refractivity contribution is 5.04. The average Bonchev–Trinajstić information content (AvgIpc) is 2.99. The number of hydrogen-bond donors (Lipinski definition) is 0. The Morgan fingerprint density at radius 1 is 1.56 bits per heavy atom. The van der Waals surface area contributed by atoms with Crippen LogP contribution in [0.15, 0.2) is 12.4 Å². The van der Waals surface area contributed by atoms with Crippen molar-refractivity contribution in [3.8, 4) is 0 Å². The predicted molar refractivity (Wildman–Crippen MR) is 72.4 cm³/mol. The molecule has 0 aliphatic carbocycles. The van der Waals surface area contributed by atoms with E-state index in [2.05, 4.69) is 37.0 Å². The zero-order chi connectivity index (χ0) is 13.0. The molecular formula is C14H25N3O. The van der Waals surface area contributed by atoms with E-state index in [1.54, 1.807) is 0 Å². The van der Waals surface area contributed by atoms with E-state index in [9.17, 15) is 0 Å². The molecule has 1 aliphatic heterocycles. The largest absolute Gasteiger partial charge is 0.381 e. The fourth-order valence-electron chi connectivity index (χ4n) is 2.41. The Labute approximate surface area is 110 Å². The number of ether oxygens (including phenoxy) is 1. The standard InChI is InChI=1S/C14H25N3O/c1-4-17-10-14(7-15-17)9-16(12(2)3)8-13-5-6-18-11-13/h7,10,12-13H,4-6,8-9,11H2,1-3H3/t13-/m1/s1. The second-order valence-corrected chi connectivity index (χ2v) is 5.46. The third kappa shape index (κ3) is 3.56. The zero-order valence-corrected chi connectivity index (χ0v) is 11.8. The summed E-state index contributed by atoms with van der Waals surface area (Å²) in [6.07, 6.45) is 5.35. The summed E-state index contributed by atoms with van der Waals surface area (Å²) in [5.74, 6) is 0.702. The molecule has 0 unspecified atom stereocenters.